The van der Waals surface area contributed by atoms with Crippen molar-refractivity contribution in [3.05, 3.63) is 0 Å². The summed E-state index contributed by atoms with van der Waals surface area (Å²) in [6, 6.07) is 0. The Bertz CT molecular complexity index is 62.5. The molecule has 1 rings (SSSR count). The fourth-order valence-corrected chi connectivity index (χ4v) is 1.44. The van der Waals surface area contributed by atoms with Crippen LogP contribution >= 0.6 is 0 Å². The van der Waals surface area contributed by atoms with Gasteiger partial charge in [0.1, 0.15) is 0 Å². The first-order valence-corrected chi connectivity index (χ1v) is 5.01. The maximum atomic E-state index is 5.25. The van der Waals surface area contributed by atoms with E-state index < -0.39 is 0 Å². The lowest BCUT2D eigenvalue weighted by atomic mass is 9.95. The minimum Gasteiger partial charge on any atom is -0.381 e. The molecule has 0 aromatic heterocycles. The molecule has 0 N–H and O–H groups in total. The highest BCUT2D eigenvalue weighted by Gasteiger charge is 2.11. The molecule has 1 aliphatic rings. The van der Waals surface area contributed by atoms with Crippen LogP contribution in [0.1, 0.15) is 46.5 Å². The van der Waals surface area contributed by atoms with Crippen LogP contribution in [0, 0.1) is 5.92 Å². The molecule has 68 valence electrons. The van der Waals surface area contributed by atoms with Gasteiger partial charge in [-0.1, -0.05) is 33.6 Å². The van der Waals surface area contributed by atoms with Gasteiger partial charge in [-0.3, -0.25) is 0 Å². The summed E-state index contributed by atoms with van der Waals surface area (Å²) >= 11 is 0. The van der Waals surface area contributed by atoms with Gasteiger partial charge in [0.15, 0.2) is 0 Å². The fraction of sp³-hybridized carbons (Fsp3) is 1.00. The number of rotatable bonds is 2. The highest BCUT2D eigenvalue weighted by molar-refractivity contribution is 4.61. The molecule has 1 nitrogen and oxygen atoms in total. The van der Waals surface area contributed by atoms with Crippen LogP contribution in [-0.2, 0) is 4.74 Å². The van der Waals surface area contributed by atoms with Crippen LogP contribution in [0.15, 0.2) is 0 Å². The third-order valence-corrected chi connectivity index (χ3v) is 2.04. The molecule has 1 saturated heterocycles. The van der Waals surface area contributed by atoms with E-state index in [1.165, 1.54) is 25.7 Å². The van der Waals surface area contributed by atoms with Crippen molar-refractivity contribution in [3.8, 4) is 0 Å². The summed E-state index contributed by atoms with van der Waals surface area (Å²) in [6.07, 6.45) is 5.34. The maximum absolute atomic E-state index is 5.25. The molecule has 1 aliphatic heterocycles. The zero-order valence-corrected chi connectivity index (χ0v) is 8.23. The minimum atomic E-state index is 0.976. The van der Waals surface area contributed by atoms with Crippen LogP contribution in [0.5, 0.6) is 0 Å². The molecule has 11 heavy (non-hydrogen) atoms. The van der Waals surface area contributed by atoms with E-state index in [0.717, 1.165) is 19.1 Å². The van der Waals surface area contributed by atoms with Gasteiger partial charge in [0, 0.05) is 13.2 Å². The zero-order valence-electron chi connectivity index (χ0n) is 8.23. The molecule has 0 saturated carbocycles. The predicted octanol–water partition coefficient (Wildman–Crippen LogP) is 3.24. The van der Waals surface area contributed by atoms with Crippen LogP contribution in [0.25, 0.3) is 0 Å². The van der Waals surface area contributed by atoms with Crippen molar-refractivity contribution in [2.45, 2.75) is 46.5 Å². The molecule has 0 unspecified atom stereocenters. The van der Waals surface area contributed by atoms with Gasteiger partial charge in [0.05, 0.1) is 0 Å². The summed E-state index contributed by atoms with van der Waals surface area (Å²) in [4.78, 5) is 0. The molecule has 0 amide bonds. The van der Waals surface area contributed by atoms with E-state index in [4.69, 9.17) is 4.74 Å². The van der Waals surface area contributed by atoms with E-state index in [0.29, 0.717) is 0 Å². The van der Waals surface area contributed by atoms with E-state index in [9.17, 15) is 0 Å². The van der Waals surface area contributed by atoms with Gasteiger partial charge < -0.3 is 4.74 Å². The standard InChI is InChI=1S/C8H16O.C2H6/c1-2-3-8-4-6-9-7-5-8;1-2/h8H,2-7H2,1H3;1-2H3. The first-order chi connectivity index (χ1) is 5.43. The molecular weight excluding hydrogens is 136 g/mol. The summed E-state index contributed by atoms with van der Waals surface area (Å²) in [5.74, 6) is 0.976. The Morgan fingerprint density at radius 2 is 1.73 bits per heavy atom. The molecule has 0 aromatic carbocycles. The second-order valence-corrected chi connectivity index (χ2v) is 2.84. The third kappa shape index (κ3) is 5.25. The molecule has 0 radical (unpaired) electrons. The minimum absolute atomic E-state index is 0.976. The highest BCUT2D eigenvalue weighted by atomic mass is 16.5. The third-order valence-electron chi connectivity index (χ3n) is 2.04. The van der Waals surface area contributed by atoms with Crippen molar-refractivity contribution < 1.29 is 4.74 Å². The molecule has 1 heterocycles. The van der Waals surface area contributed by atoms with Gasteiger partial charge in [-0.05, 0) is 18.8 Å². The van der Waals surface area contributed by atoms with Crippen LogP contribution in [-0.4, -0.2) is 13.2 Å². The first kappa shape index (κ1) is 11.0. The van der Waals surface area contributed by atoms with Crippen molar-refractivity contribution >= 4 is 0 Å². The van der Waals surface area contributed by atoms with Crippen LogP contribution in [0.3, 0.4) is 0 Å². The van der Waals surface area contributed by atoms with Gasteiger partial charge in [0.25, 0.3) is 0 Å². The Labute approximate surface area is 71.1 Å². The van der Waals surface area contributed by atoms with Crippen molar-refractivity contribution in [2.75, 3.05) is 13.2 Å². The molecule has 1 heteroatoms. The normalized spacial score (nSPS) is 18.8. The molecular formula is C10H22O. The van der Waals surface area contributed by atoms with Gasteiger partial charge in [-0.25, -0.2) is 0 Å². The molecule has 1 fully saturated rings. The summed E-state index contributed by atoms with van der Waals surface area (Å²) in [5, 5.41) is 0. The lowest BCUT2D eigenvalue weighted by Crippen LogP contribution is -2.14. The summed E-state index contributed by atoms with van der Waals surface area (Å²) in [7, 11) is 0. The van der Waals surface area contributed by atoms with E-state index in [1.54, 1.807) is 0 Å². The average Bonchev–Trinajstić information content (AvgIpc) is 2.11. The fourth-order valence-electron chi connectivity index (χ4n) is 1.44. The number of hydrogen-bond acceptors (Lipinski definition) is 1. The van der Waals surface area contributed by atoms with Crippen LogP contribution in [0.2, 0.25) is 0 Å². The Hall–Kier alpha value is -0.0400. The second-order valence-electron chi connectivity index (χ2n) is 2.84. The average molecular weight is 158 g/mol. The lowest BCUT2D eigenvalue weighted by Gasteiger charge is -2.20. The quantitative estimate of drug-likeness (QED) is 0.599. The van der Waals surface area contributed by atoms with Crippen molar-refractivity contribution in [1.29, 1.82) is 0 Å². The lowest BCUT2D eigenvalue weighted by molar-refractivity contribution is 0.0637. The summed E-state index contributed by atoms with van der Waals surface area (Å²) < 4.78 is 5.25. The molecule has 0 bridgehead atoms. The summed E-state index contributed by atoms with van der Waals surface area (Å²) in [6.45, 7) is 8.27. The van der Waals surface area contributed by atoms with Gasteiger partial charge in [0.2, 0.25) is 0 Å². The molecule has 0 aliphatic carbocycles. The second kappa shape index (κ2) is 8.06. The first-order valence-electron chi connectivity index (χ1n) is 5.01. The van der Waals surface area contributed by atoms with Gasteiger partial charge >= 0.3 is 0 Å². The highest BCUT2D eigenvalue weighted by Crippen LogP contribution is 2.19. The van der Waals surface area contributed by atoms with Crippen LogP contribution in [0.4, 0.5) is 0 Å². The van der Waals surface area contributed by atoms with E-state index >= 15 is 0 Å². The Morgan fingerprint density at radius 1 is 1.18 bits per heavy atom. The van der Waals surface area contributed by atoms with E-state index in [1.807, 2.05) is 13.8 Å². The SMILES string of the molecule is CC.CCCC1CCOCC1. The predicted molar refractivity (Wildman–Crippen MR) is 49.8 cm³/mol. The molecule has 0 spiro atoms. The Kier molecular flexibility index (Phi) is 8.03. The van der Waals surface area contributed by atoms with Crippen molar-refractivity contribution in [2.24, 2.45) is 5.92 Å². The topological polar surface area (TPSA) is 9.23 Å². The zero-order chi connectivity index (χ0) is 8.53. The summed E-state index contributed by atoms with van der Waals surface area (Å²) in [5.41, 5.74) is 0. The van der Waals surface area contributed by atoms with E-state index in [2.05, 4.69) is 6.92 Å². The Morgan fingerprint density at radius 3 is 2.18 bits per heavy atom. The van der Waals surface area contributed by atoms with Crippen LogP contribution < -0.4 is 0 Å². The maximum Gasteiger partial charge on any atom is 0.0468 e. The largest absolute Gasteiger partial charge is 0.381 e. The Balaban J connectivity index is 0.000000461. The monoisotopic (exact) mass is 158 g/mol. The van der Waals surface area contributed by atoms with Crippen molar-refractivity contribution in [1.82, 2.24) is 0 Å². The molecule has 0 atom stereocenters. The van der Waals surface area contributed by atoms with Gasteiger partial charge in [-0.2, -0.15) is 0 Å². The van der Waals surface area contributed by atoms with Crippen molar-refractivity contribution in [3.63, 3.8) is 0 Å². The number of ether oxygens (including phenoxy) is 1. The smallest absolute Gasteiger partial charge is 0.0468 e. The van der Waals surface area contributed by atoms with E-state index in [-0.39, 0.29) is 0 Å². The molecule has 0 aromatic rings. The van der Waals surface area contributed by atoms with Gasteiger partial charge in [-0.15, -0.1) is 0 Å². The number of hydrogen-bond donors (Lipinski definition) is 0.